The van der Waals surface area contributed by atoms with Crippen LogP contribution in [0, 0.1) is 5.41 Å². The third-order valence-corrected chi connectivity index (χ3v) is 3.37. The molecule has 0 aromatic heterocycles. The molecule has 0 atom stereocenters. The average Bonchev–Trinajstić information content (AvgIpc) is 2.18. The lowest BCUT2D eigenvalue weighted by atomic mass is 9.76. The lowest BCUT2D eigenvalue weighted by molar-refractivity contribution is -0.156. The zero-order chi connectivity index (χ0) is 13.8. The summed E-state index contributed by atoms with van der Waals surface area (Å²) in [5.74, 6) is -0.168. The van der Waals surface area contributed by atoms with Gasteiger partial charge in [0.2, 0.25) is 0 Å². The summed E-state index contributed by atoms with van der Waals surface area (Å²) in [4.78, 5) is 11.5. The summed E-state index contributed by atoms with van der Waals surface area (Å²) in [5.41, 5.74) is 0.0664. The topological polar surface area (TPSA) is 35.5 Å². The molecule has 3 heteroatoms. The van der Waals surface area contributed by atoms with Gasteiger partial charge in [-0.05, 0) is 51.9 Å². The Morgan fingerprint density at radius 1 is 1.22 bits per heavy atom. The van der Waals surface area contributed by atoms with Crippen LogP contribution in [-0.2, 0) is 14.3 Å². The van der Waals surface area contributed by atoms with E-state index in [0.29, 0.717) is 24.5 Å². The fourth-order valence-corrected chi connectivity index (χ4v) is 2.24. The molecule has 1 rings (SSSR count). The van der Waals surface area contributed by atoms with E-state index in [0.717, 1.165) is 12.8 Å². The number of hydrogen-bond acceptors (Lipinski definition) is 3. The van der Waals surface area contributed by atoms with Crippen LogP contribution in [-0.4, -0.2) is 24.3 Å². The van der Waals surface area contributed by atoms with Gasteiger partial charge in [-0.2, -0.15) is 0 Å². The Labute approximate surface area is 111 Å². The van der Waals surface area contributed by atoms with E-state index in [1.165, 1.54) is 12.8 Å². The number of hydrogen-bond donors (Lipinski definition) is 0. The molecule has 0 aliphatic heterocycles. The van der Waals surface area contributed by atoms with E-state index in [-0.39, 0.29) is 5.97 Å². The van der Waals surface area contributed by atoms with E-state index >= 15 is 0 Å². The quantitative estimate of drug-likeness (QED) is 0.719. The summed E-state index contributed by atoms with van der Waals surface area (Å²) in [6, 6.07) is 0. The Hall–Kier alpha value is -0.570. The second-order valence-electron chi connectivity index (χ2n) is 7.07. The Morgan fingerprint density at radius 3 is 2.28 bits per heavy atom. The molecule has 0 saturated heterocycles. The van der Waals surface area contributed by atoms with E-state index < -0.39 is 5.60 Å². The maximum Gasteiger partial charge on any atom is 0.308 e. The van der Waals surface area contributed by atoms with Gasteiger partial charge >= 0.3 is 5.97 Å². The lowest BCUT2D eigenvalue weighted by Crippen LogP contribution is -2.28. The van der Waals surface area contributed by atoms with Gasteiger partial charge < -0.3 is 9.47 Å². The largest absolute Gasteiger partial charge is 0.460 e. The van der Waals surface area contributed by atoms with Crippen molar-refractivity contribution in [1.29, 1.82) is 0 Å². The monoisotopic (exact) mass is 256 g/mol. The third-order valence-electron chi connectivity index (χ3n) is 3.37. The number of ether oxygens (including phenoxy) is 2. The van der Waals surface area contributed by atoms with Crippen molar-refractivity contribution in [2.75, 3.05) is 6.61 Å². The van der Waals surface area contributed by atoms with Crippen molar-refractivity contribution in [2.24, 2.45) is 5.41 Å². The number of carbonyl (C=O) groups excluding carboxylic acids is 1. The summed E-state index contributed by atoms with van der Waals surface area (Å²) >= 11 is 0. The van der Waals surface area contributed by atoms with E-state index in [1.807, 2.05) is 20.8 Å². The summed E-state index contributed by atoms with van der Waals surface area (Å²) < 4.78 is 11.0. The second kappa shape index (κ2) is 6.05. The van der Waals surface area contributed by atoms with Gasteiger partial charge in [-0.1, -0.05) is 13.8 Å². The van der Waals surface area contributed by atoms with E-state index in [2.05, 4.69) is 13.8 Å². The van der Waals surface area contributed by atoms with Crippen LogP contribution in [0.3, 0.4) is 0 Å². The molecule has 18 heavy (non-hydrogen) atoms. The Morgan fingerprint density at radius 2 is 1.78 bits per heavy atom. The van der Waals surface area contributed by atoms with Gasteiger partial charge in [-0.15, -0.1) is 0 Å². The Bertz CT molecular complexity index is 266. The Balaban J connectivity index is 2.14. The molecule has 1 fully saturated rings. The summed E-state index contributed by atoms with van der Waals surface area (Å²) in [5, 5.41) is 0. The van der Waals surface area contributed by atoms with E-state index in [1.54, 1.807) is 0 Å². The van der Waals surface area contributed by atoms with E-state index in [4.69, 9.17) is 9.47 Å². The molecule has 0 spiro atoms. The van der Waals surface area contributed by atoms with Gasteiger partial charge in [0.05, 0.1) is 19.1 Å². The molecule has 0 aromatic rings. The normalized spacial score (nSPS) is 20.7. The first-order valence-corrected chi connectivity index (χ1v) is 7.01. The fraction of sp³-hybridized carbons (Fsp3) is 0.933. The highest BCUT2D eigenvalue weighted by atomic mass is 16.6. The van der Waals surface area contributed by atoms with Crippen LogP contribution in [0.1, 0.15) is 66.7 Å². The molecule has 3 nitrogen and oxygen atoms in total. The van der Waals surface area contributed by atoms with Crippen LogP contribution in [0.25, 0.3) is 0 Å². The molecular formula is C15H28O3. The van der Waals surface area contributed by atoms with Crippen LogP contribution >= 0.6 is 0 Å². The molecule has 0 unspecified atom stereocenters. The van der Waals surface area contributed by atoms with Gasteiger partial charge in [0.25, 0.3) is 0 Å². The molecule has 0 aromatic carbocycles. The Kier molecular flexibility index (Phi) is 5.20. The molecule has 0 heterocycles. The SMILES string of the molecule is CC1(C)CCC(OCCC(=O)OC(C)(C)C)CC1. The highest BCUT2D eigenvalue weighted by Crippen LogP contribution is 2.36. The first-order valence-electron chi connectivity index (χ1n) is 7.01. The average molecular weight is 256 g/mol. The molecule has 0 bridgehead atoms. The van der Waals surface area contributed by atoms with Gasteiger partial charge in [-0.25, -0.2) is 0 Å². The predicted octanol–water partition coefficient (Wildman–Crippen LogP) is 3.70. The van der Waals surface area contributed by atoms with Crippen LogP contribution < -0.4 is 0 Å². The van der Waals surface area contributed by atoms with Crippen molar-refractivity contribution >= 4 is 5.97 Å². The molecule has 106 valence electrons. The maximum atomic E-state index is 11.5. The standard InChI is InChI=1S/C15H28O3/c1-14(2,3)18-13(16)8-11-17-12-6-9-15(4,5)10-7-12/h12H,6-11H2,1-5H3. The van der Waals surface area contributed by atoms with Crippen molar-refractivity contribution < 1.29 is 14.3 Å². The molecule has 1 aliphatic carbocycles. The maximum absolute atomic E-state index is 11.5. The van der Waals surface area contributed by atoms with E-state index in [9.17, 15) is 4.79 Å². The summed E-state index contributed by atoms with van der Waals surface area (Å²) in [6.45, 7) is 10.8. The highest BCUT2D eigenvalue weighted by Gasteiger charge is 2.27. The van der Waals surface area contributed by atoms with Crippen LogP contribution in [0.4, 0.5) is 0 Å². The fourth-order valence-electron chi connectivity index (χ4n) is 2.24. The zero-order valence-electron chi connectivity index (χ0n) is 12.5. The minimum atomic E-state index is -0.397. The molecule has 0 N–H and O–H groups in total. The summed E-state index contributed by atoms with van der Waals surface area (Å²) in [7, 11) is 0. The van der Waals surface area contributed by atoms with Crippen molar-refractivity contribution in [3.63, 3.8) is 0 Å². The number of carbonyl (C=O) groups is 1. The van der Waals surface area contributed by atoms with Gasteiger partial charge in [0.1, 0.15) is 5.60 Å². The molecule has 1 aliphatic rings. The third kappa shape index (κ3) is 6.39. The lowest BCUT2D eigenvalue weighted by Gasteiger charge is -2.34. The highest BCUT2D eigenvalue weighted by molar-refractivity contribution is 5.69. The first-order chi connectivity index (χ1) is 8.18. The zero-order valence-corrected chi connectivity index (χ0v) is 12.5. The van der Waals surface area contributed by atoms with Crippen molar-refractivity contribution in [3.8, 4) is 0 Å². The molecular weight excluding hydrogens is 228 g/mol. The second-order valence-corrected chi connectivity index (χ2v) is 7.07. The van der Waals surface area contributed by atoms with Crippen LogP contribution in [0.2, 0.25) is 0 Å². The van der Waals surface area contributed by atoms with Crippen molar-refractivity contribution in [3.05, 3.63) is 0 Å². The first kappa shape index (κ1) is 15.5. The number of esters is 1. The predicted molar refractivity (Wildman–Crippen MR) is 72.5 cm³/mol. The van der Waals surface area contributed by atoms with Gasteiger partial charge in [0, 0.05) is 0 Å². The summed E-state index contributed by atoms with van der Waals surface area (Å²) in [6.07, 6.45) is 5.34. The van der Waals surface area contributed by atoms with Crippen LogP contribution in [0.15, 0.2) is 0 Å². The van der Waals surface area contributed by atoms with Gasteiger partial charge in [0.15, 0.2) is 0 Å². The van der Waals surface area contributed by atoms with Crippen LogP contribution in [0.5, 0.6) is 0 Å². The van der Waals surface area contributed by atoms with Crippen molar-refractivity contribution in [2.45, 2.75) is 78.4 Å². The minimum Gasteiger partial charge on any atom is -0.460 e. The minimum absolute atomic E-state index is 0.168. The molecule has 1 saturated carbocycles. The number of rotatable bonds is 4. The molecule has 0 amide bonds. The smallest absolute Gasteiger partial charge is 0.308 e. The molecule has 0 radical (unpaired) electrons. The van der Waals surface area contributed by atoms with Crippen molar-refractivity contribution in [1.82, 2.24) is 0 Å². The van der Waals surface area contributed by atoms with Gasteiger partial charge in [-0.3, -0.25) is 4.79 Å².